The van der Waals surface area contributed by atoms with E-state index in [9.17, 15) is 29.4 Å². The van der Waals surface area contributed by atoms with E-state index >= 15 is 0 Å². The Labute approximate surface area is 275 Å². The van der Waals surface area contributed by atoms with Crippen LogP contribution in [0.1, 0.15) is 85.5 Å². The summed E-state index contributed by atoms with van der Waals surface area (Å²) in [5.74, 6) is -4.31. The number of esters is 1. The molecule has 5 fully saturated rings. The molecule has 0 amide bonds. The molecule has 4 bridgehead atoms. The van der Waals surface area contributed by atoms with Crippen molar-refractivity contribution in [3.05, 3.63) is 11.6 Å². The summed E-state index contributed by atoms with van der Waals surface area (Å²) < 4.78 is 30.3. The van der Waals surface area contributed by atoms with Gasteiger partial charge in [-0.1, -0.05) is 51.7 Å². The maximum Gasteiger partial charge on any atom is 0.338 e. The topological polar surface area (TPSA) is 175 Å². The van der Waals surface area contributed by atoms with Gasteiger partial charge in [0.25, 0.3) is 5.79 Å². The number of rotatable bonds is 13. The number of unbranched alkanes of at least 4 members (excludes halogenated alkanes) is 2. The molecule has 0 aromatic rings. The maximum atomic E-state index is 13.8. The average molecular weight is 663 g/mol. The van der Waals surface area contributed by atoms with Crippen molar-refractivity contribution in [2.75, 3.05) is 13.7 Å². The summed E-state index contributed by atoms with van der Waals surface area (Å²) in [5, 5.41) is 32.0. The first-order valence-corrected chi connectivity index (χ1v) is 17.3. The molecule has 1 spiro atoms. The van der Waals surface area contributed by atoms with Crippen molar-refractivity contribution in [1.82, 2.24) is 0 Å². The second-order valence-corrected chi connectivity index (χ2v) is 15.3. The van der Waals surface area contributed by atoms with E-state index in [4.69, 9.17) is 28.8 Å². The highest BCUT2D eigenvalue weighted by Crippen LogP contribution is 2.82. The van der Waals surface area contributed by atoms with Crippen LogP contribution in [-0.2, 0) is 42.9 Å². The molecule has 3 saturated carbocycles. The molecule has 6 aliphatic rings. The number of carbonyl (C=O) groups is 4. The van der Waals surface area contributed by atoms with Crippen molar-refractivity contribution in [1.29, 1.82) is 0 Å². The number of aliphatic carboxylic acids is 2. The highest BCUT2D eigenvalue weighted by atomic mass is 16.8. The zero-order valence-corrected chi connectivity index (χ0v) is 28.0. The first-order chi connectivity index (χ1) is 22.3. The third kappa shape index (κ3) is 4.64. The van der Waals surface area contributed by atoms with Crippen LogP contribution in [0.4, 0.5) is 0 Å². The molecule has 2 aliphatic heterocycles. The summed E-state index contributed by atoms with van der Waals surface area (Å²) in [4.78, 5) is 51.0. The predicted octanol–water partition coefficient (Wildman–Crippen LogP) is 3.72. The smallest absolute Gasteiger partial charge is 0.338 e. The Morgan fingerprint density at radius 2 is 1.87 bits per heavy atom. The van der Waals surface area contributed by atoms with Crippen molar-refractivity contribution >= 4 is 24.2 Å². The summed E-state index contributed by atoms with van der Waals surface area (Å²) in [6, 6.07) is 0. The van der Waals surface area contributed by atoms with Gasteiger partial charge >= 0.3 is 17.9 Å². The maximum absolute atomic E-state index is 13.8. The molecule has 12 nitrogen and oxygen atoms in total. The zero-order valence-electron chi connectivity index (χ0n) is 28.0. The number of allylic oxidation sites excluding steroid dienone is 1. The van der Waals surface area contributed by atoms with E-state index in [1.54, 1.807) is 6.92 Å². The van der Waals surface area contributed by atoms with E-state index in [0.29, 0.717) is 38.0 Å². The Balaban J connectivity index is 1.29. The van der Waals surface area contributed by atoms with Crippen LogP contribution in [0, 0.1) is 45.8 Å². The quantitative estimate of drug-likeness (QED) is 0.113. The normalized spacial score (nSPS) is 46.5. The SMILES string of the molecule is CO[C@@H]1[C@@H](C)O[C@@H](OC[C@@]23C[C@@H]4[C@H](C)CC[C@H]4[C@@]4(C=O)C[C@@H]2C=C(C(C)C)[C@@]34C(=O)O)[C@@H](O)[C@@]12OC(=O)[C@H](CCCCCC(=O)O)O2. The fourth-order valence-corrected chi connectivity index (χ4v) is 11.1. The minimum atomic E-state index is -1.93. The van der Waals surface area contributed by atoms with Crippen LogP contribution in [0.5, 0.6) is 0 Å². The van der Waals surface area contributed by atoms with Gasteiger partial charge in [0.2, 0.25) is 0 Å². The number of aliphatic hydroxyl groups excluding tert-OH is 1. The summed E-state index contributed by atoms with van der Waals surface area (Å²) >= 11 is 0. The zero-order chi connectivity index (χ0) is 34.1. The molecule has 262 valence electrons. The first-order valence-electron chi connectivity index (χ1n) is 17.3. The number of ether oxygens (including phenoxy) is 5. The van der Waals surface area contributed by atoms with Crippen molar-refractivity contribution in [3.63, 3.8) is 0 Å². The molecule has 3 N–H and O–H groups in total. The van der Waals surface area contributed by atoms with Gasteiger partial charge in [-0.3, -0.25) is 9.59 Å². The molecule has 0 unspecified atom stereocenters. The summed E-state index contributed by atoms with van der Waals surface area (Å²) in [6.45, 7) is 7.77. The molecule has 2 heterocycles. The van der Waals surface area contributed by atoms with Crippen LogP contribution >= 0.6 is 0 Å². The molecular weight excluding hydrogens is 612 g/mol. The number of carboxylic acids is 2. The lowest BCUT2D eigenvalue weighted by Gasteiger charge is -2.58. The molecule has 0 radical (unpaired) electrons. The summed E-state index contributed by atoms with van der Waals surface area (Å²) in [5.41, 5.74) is -2.67. The lowest BCUT2D eigenvalue weighted by atomic mass is 9.43. The molecule has 47 heavy (non-hydrogen) atoms. The van der Waals surface area contributed by atoms with Gasteiger partial charge in [-0.2, -0.15) is 0 Å². The van der Waals surface area contributed by atoms with Crippen molar-refractivity contribution < 1.29 is 58.2 Å². The van der Waals surface area contributed by atoms with Crippen LogP contribution in [0.15, 0.2) is 11.6 Å². The number of carbonyl (C=O) groups excluding carboxylic acids is 2. The Morgan fingerprint density at radius 3 is 2.51 bits per heavy atom. The van der Waals surface area contributed by atoms with E-state index in [-0.39, 0.29) is 43.1 Å². The number of hydrogen-bond donors (Lipinski definition) is 3. The third-order valence-electron chi connectivity index (χ3n) is 12.9. The lowest BCUT2D eigenvalue weighted by molar-refractivity contribution is -0.386. The number of methoxy groups -OCH3 is 1. The van der Waals surface area contributed by atoms with Crippen LogP contribution in [0.2, 0.25) is 0 Å². The minimum absolute atomic E-state index is 0.0266. The average Bonchev–Trinajstić information content (AvgIpc) is 3.69. The van der Waals surface area contributed by atoms with Crippen LogP contribution in [-0.4, -0.2) is 89.7 Å². The largest absolute Gasteiger partial charge is 0.481 e. The highest BCUT2D eigenvalue weighted by molar-refractivity contribution is 5.90. The number of fused-ring (bicyclic) bond motifs is 2. The van der Waals surface area contributed by atoms with Crippen LogP contribution < -0.4 is 0 Å². The molecule has 0 aromatic carbocycles. The number of aliphatic hydroxyl groups is 1. The molecule has 2 saturated heterocycles. The monoisotopic (exact) mass is 662 g/mol. The highest BCUT2D eigenvalue weighted by Gasteiger charge is 2.84. The van der Waals surface area contributed by atoms with E-state index in [2.05, 4.69) is 13.0 Å². The Hall–Kier alpha value is -2.38. The van der Waals surface area contributed by atoms with Gasteiger partial charge in [-0.05, 0) is 68.6 Å². The number of hydrogen-bond acceptors (Lipinski definition) is 10. The van der Waals surface area contributed by atoms with Crippen molar-refractivity contribution in [2.24, 2.45) is 45.8 Å². The van der Waals surface area contributed by atoms with E-state index < -0.39 is 70.6 Å². The number of aldehydes is 1. The van der Waals surface area contributed by atoms with Gasteiger partial charge in [0.1, 0.15) is 11.7 Å². The van der Waals surface area contributed by atoms with Crippen LogP contribution in [0.3, 0.4) is 0 Å². The van der Waals surface area contributed by atoms with Crippen molar-refractivity contribution in [2.45, 2.75) is 122 Å². The number of carboxylic acid groups (broad SMARTS) is 2. The molecule has 0 aromatic heterocycles. The fraction of sp³-hybridized carbons (Fsp3) is 0.829. The first kappa shape index (κ1) is 34.5. The second-order valence-electron chi connectivity index (χ2n) is 15.3. The molecule has 12 heteroatoms. The lowest BCUT2D eigenvalue weighted by Crippen LogP contribution is -2.68. The van der Waals surface area contributed by atoms with Gasteiger partial charge in [0, 0.05) is 18.9 Å². The summed E-state index contributed by atoms with van der Waals surface area (Å²) in [7, 11) is 1.40. The van der Waals surface area contributed by atoms with E-state index in [0.717, 1.165) is 24.7 Å². The second kappa shape index (κ2) is 12.2. The standard InChI is InChI=1S/C35H50O12/c1-18(2)24-13-21-14-32(16-36)23-12-11-19(3)22(23)15-33(21,34(24,32)31(41)42)17-44-30-27(39)35(28(43-5)20(4)45-30)46-25(29(40)47-35)9-7-6-8-10-26(37)38/h13,16,18-23,25,27-28,30,39H,6-12,14-15,17H2,1-5H3,(H,37,38)(H,41,42)/t19-,20-,21+,22-,23-,25+,27-,28-,30-,32+,33+,34+,35-/m1/s1. The van der Waals surface area contributed by atoms with Gasteiger partial charge in [0.15, 0.2) is 24.6 Å². The van der Waals surface area contributed by atoms with Gasteiger partial charge in [0.05, 0.1) is 18.1 Å². The van der Waals surface area contributed by atoms with Crippen LogP contribution in [0.25, 0.3) is 0 Å². The Morgan fingerprint density at radius 1 is 1.13 bits per heavy atom. The molecule has 4 aliphatic carbocycles. The Bertz CT molecular complexity index is 1310. The van der Waals surface area contributed by atoms with E-state index in [1.807, 2.05) is 13.8 Å². The fourth-order valence-electron chi connectivity index (χ4n) is 11.1. The molecule has 13 atom stereocenters. The minimum Gasteiger partial charge on any atom is -0.481 e. The van der Waals surface area contributed by atoms with Gasteiger partial charge < -0.3 is 43.8 Å². The van der Waals surface area contributed by atoms with Gasteiger partial charge in [-0.25, -0.2) is 4.79 Å². The molecule has 6 rings (SSSR count). The molecular formula is C35H50O12. The predicted molar refractivity (Wildman–Crippen MR) is 164 cm³/mol. The van der Waals surface area contributed by atoms with Gasteiger partial charge in [-0.15, -0.1) is 0 Å². The Kier molecular flexibility index (Phi) is 8.94. The van der Waals surface area contributed by atoms with Crippen molar-refractivity contribution in [3.8, 4) is 0 Å². The summed E-state index contributed by atoms with van der Waals surface area (Å²) in [6.07, 6.45) is 2.01. The third-order valence-corrected chi connectivity index (χ3v) is 12.9. The van der Waals surface area contributed by atoms with E-state index in [1.165, 1.54) is 7.11 Å².